The molecule has 0 spiro atoms. The van der Waals surface area contributed by atoms with Gasteiger partial charge in [-0.2, -0.15) is 0 Å². The fourth-order valence-corrected chi connectivity index (χ4v) is 0.715. The van der Waals surface area contributed by atoms with Crippen LogP contribution >= 0.6 is 0 Å². The summed E-state index contributed by atoms with van der Waals surface area (Å²) in [6.45, 7) is 0.944. The third-order valence-electron chi connectivity index (χ3n) is 1.31. The standard InChI is InChI=1S/C7H11NO/c1-8-5-3-7(9-2)4-6-8/h3-5H,6H2,1-2H3. The zero-order valence-electron chi connectivity index (χ0n) is 5.79. The van der Waals surface area contributed by atoms with Crippen LogP contribution in [-0.2, 0) is 4.74 Å². The molecule has 0 bridgehead atoms. The summed E-state index contributed by atoms with van der Waals surface area (Å²) in [6.07, 6.45) is 5.99. The van der Waals surface area contributed by atoms with Crippen LogP contribution in [0.25, 0.3) is 0 Å². The van der Waals surface area contributed by atoms with Gasteiger partial charge in [-0.3, -0.25) is 0 Å². The molecule has 0 atom stereocenters. The van der Waals surface area contributed by atoms with E-state index >= 15 is 0 Å². The predicted octanol–water partition coefficient (Wildman–Crippen LogP) is 0.976. The van der Waals surface area contributed by atoms with Gasteiger partial charge in [0.25, 0.3) is 0 Å². The highest BCUT2D eigenvalue weighted by molar-refractivity contribution is 5.15. The average molecular weight is 125 g/mol. The van der Waals surface area contributed by atoms with E-state index in [0.717, 1.165) is 12.3 Å². The number of ether oxygens (including phenoxy) is 1. The molecule has 1 aliphatic rings. The van der Waals surface area contributed by atoms with Gasteiger partial charge in [-0.1, -0.05) is 0 Å². The first-order valence-corrected chi connectivity index (χ1v) is 2.95. The van der Waals surface area contributed by atoms with Crippen LogP contribution < -0.4 is 0 Å². The third-order valence-corrected chi connectivity index (χ3v) is 1.31. The minimum atomic E-state index is 0.944. The molecule has 0 aliphatic carbocycles. The fourth-order valence-electron chi connectivity index (χ4n) is 0.715. The molecule has 1 aliphatic heterocycles. The Bertz CT molecular complexity index is 149. The largest absolute Gasteiger partial charge is 0.497 e. The molecule has 50 valence electrons. The van der Waals surface area contributed by atoms with Gasteiger partial charge in [-0.25, -0.2) is 0 Å². The zero-order valence-corrected chi connectivity index (χ0v) is 5.79. The Labute approximate surface area is 55.4 Å². The van der Waals surface area contributed by atoms with Crippen LogP contribution in [-0.4, -0.2) is 25.6 Å². The molecular weight excluding hydrogens is 114 g/mol. The first-order valence-electron chi connectivity index (χ1n) is 2.95. The van der Waals surface area contributed by atoms with Crippen LogP contribution in [0.1, 0.15) is 0 Å². The molecule has 0 saturated carbocycles. The molecule has 0 N–H and O–H groups in total. The second-order valence-corrected chi connectivity index (χ2v) is 2.07. The van der Waals surface area contributed by atoms with Crippen molar-refractivity contribution in [2.24, 2.45) is 0 Å². The van der Waals surface area contributed by atoms with Gasteiger partial charge in [0.05, 0.1) is 7.11 Å². The van der Waals surface area contributed by atoms with E-state index in [1.807, 2.05) is 25.4 Å². The van der Waals surface area contributed by atoms with Crippen molar-refractivity contribution in [2.75, 3.05) is 20.7 Å². The summed E-state index contributed by atoms with van der Waals surface area (Å²) >= 11 is 0. The minimum Gasteiger partial charge on any atom is -0.497 e. The Morgan fingerprint density at radius 2 is 2.44 bits per heavy atom. The van der Waals surface area contributed by atoms with Gasteiger partial charge in [0.2, 0.25) is 0 Å². The topological polar surface area (TPSA) is 12.5 Å². The predicted molar refractivity (Wildman–Crippen MR) is 36.9 cm³/mol. The molecular formula is C7H11NO. The number of likely N-dealkylation sites (N-methyl/N-ethyl adjacent to an activating group) is 1. The van der Waals surface area contributed by atoms with Crippen molar-refractivity contribution in [3.8, 4) is 0 Å². The maximum atomic E-state index is 4.99. The molecule has 1 heterocycles. The lowest BCUT2D eigenvalue weighted by atomic mass is 10.3. The smallest absolute Gasteiger partial charge is 0.118 e. The molecule has 0 fully saturated rings. The van der Waals surface area contributed by atoms with Crippen molar-refractivity contribution >= 4 is 0 Å². The molecule has 0 aromatic carbocycles. The number of allylic oxidation sites excluding steroid dienone is 1. The second kappa shape index (κ2) is 2.58. The molecule has 1 rings (SSSR count). The van der Waals surface area contributed by atoms with Crippen molar-refractivity contribution in [3.05, 3.63) is 24.1 Å². The Morgan fingerprint density at radius 3 is 2.89 bits per heavy atom. The minimum absolute atomic E-state index is 0.944. The van der Waals surface area contributed by atoms with Gasteiger partial charge in [-0.15, -0.1) is 0 Å². The van der Waals surface area contributed by atoms with Crippen LogP contribution in [0, 0.1) is 0 Å². The quantitative estimate of drug-likeness (QED) is 0.518. The number of hydrogen-bond acceptors (Lipinski definition) is 2. The van der Waals surface area contributed by atoms with Gasteiger partial charge in [0.15, 0.2) is 0 Å². The van der Waals surface area contributed by atoms with Crippen LogP contribution in [0.15, 0.2) is 24.1 Å². The van der Waals surface area contributed by atoms with Crippen molar-refractivity contribution in [1.29, 1.82) is 0 Å². The molecule has 2 heteroatoms. The zero-order chi connectivity index (χ0) is 6.69. The highest BCUT2D eigenvalue weighted by atomic mass is 16.5. The molecule has 0 unspecified atom stereocenters. The molecule has 0 radical (unpaired) electrons. The SMILES string of the molecule is COC1=CCN(C)C=C1. The number of hydrogen-bond donors (Lipinski definition) is 0. The van der Waals surface area contributed by atoms with Crippen molar-refractivity contribution in [2.45, 2.75) is 0 Å². The van der Waals surface area contributed by atoms with Crippen LogP contribution in [0.5, 0.6) is 0 Å². The Morgan fingerprint density at radius 1 is 1.67 bits per heavy atom. The molecule has 0 aromatic rings. The van der Waals surface area contributed by atoms with E-state index < -0.39 is 0 Å². The molecule has 0 saturated heterocycles. The lowest BCUT2D eigenvalue weighted by molar-refractivity contribution is 0.297. The lowest BCUT2D eigenvalue weighted by Crippen LogP contribution is -2.13. The Hall–Kier alpha value is -0.920. The van der Waals surface area contributed by atoms with Gasteiger partial charge in [0, 0.05) is 19.8 Å². The van der Waals surface area contributed by atoms with E-state index in [4.69, 9.17) is 4.74 Å². The van der Waals surface area contributed by atoms with E-state index in [0.29, 0.717) is 0 Å². The maximum Gasteiger partial charge on any atom is 0.118 e. The molecule has 9 heavy (non-hydrogen) atoms. The van der Waals surface area contributed by atoms with Crippen LogP contribution in [0.4, 0.5) is 0 Å². The average Bonchev–Trinajstić information content (AvgIpc) is 1.90. The van der Waals surface area contributed by atoms with Crippen molar-refractivity contribution < 1.29 is 4.74 Å². The normalized spacial score (nSPS) is 17.6. The molecule has 0 aromatic heterocycles. The summed E-state index contributed by atoms with van der Waals surface area (Å²) in [5.74, 6) is 0.952. The lowest BCUT2D eigenvalue weighted by Gasteiger charge is -2.15. The number of nitrogens with zero attached hydrogens (tertiary/aromatic N) is 1. The summed E-state index contributed by atoms with van der Waals surface area (Å²) in [5, 5.41) is 0. The first kappa shape index (κ1) is 6.20. The van der Waals surface area contributed by atoms with Crippen molar-refractivity contribution in [1.82, 2.24) is 4.90 Å². The van der Waals surface area contributed by atoms with Crippen LogP contribution in [0.3, 0.4) is 0 Å². The highest BCUT2D eigenvalue weighted by Gasteiger charge is 1.97. The summed E-state index contributed by atoms with van der Waals surface area (Å²) in [7, 11) is 3.71. The highest BCUT2D eigenvalue weighted by Crippen LogP contribution is 2.04. The van der Waals surface area contributed by atoms with Gasteiger partial charge >= 0.3 is 0 Å². The van der Waals surface area contributed by atoms with E-state index in [2.05, 4.69) is 4.90 Å². The summed E-state index contributed by atoms with van der Waals surface area (Å²) < 4.78 is 4.99. The summed E-state index contributed by atoms with van der Waals surface area (Å²) in [4.78, 5) is 2.09. The molecule has 2 nitrogen and oxygen atoms in total. The van der Waals surface area contributed by atoms with E-state index in [1.54, 1.807) is 7.11 Å². The Balaban J connectivity index is 2.52. The van der Waals surface area contributed by atoms with Crippen molar-refractivity contribution in [3.63, 3.8) is 0 Å². The number of rotatable bonds is 1. The first-order chi connectivity index (χ1) is 4.33. The van der Waals surface area contributed by atoms with Gasteiger partial charge in [0.1, 0.15) is 5.76 Å². The number of methoxy groups -OCH3 is 1. The van der Waals surface area contributed by atoms with E-state index in [-0.39, 0.29) is 0 Å². The summed E-state index contributed by atoms with van der Waals surface area (Å²) in [5.41, 5.74) is 0. The monoisotopic (exact) mass is 125 g/mol. The van der Waals surface area contributed by atoms with Crippen LogP contribution in [0.2, 0.25) is 0 Å². The van der Waals surface area contributed by atoms with Gasteiger partial charge in [-0.05, 0) is 12.2 Å². The fraction of sp³-hybridized carbons (Fsp3) is 0.429. The Kier molecular flexibility index (Phi) is 1.78. The van der Waals surface area contributed by atoms with Gasteiger partial charge < -0.3 is 9.64 Å². The second-order valence-electron chi connectivity index (χ2n) is 2.07. The van der Waals surface area contributed by atoms with E-state index in [1.165, 1.54) is 0 Å². The molecule has 0 amide bonds. The third kappa shape index (κ3) is 1.49. The van der Waals surface area contributed by atoms with E-state index in [9.17, 15) is 0 Å². The maximum absolute atomic E-state index is 4.99. The summed E-state index contributed by atoms with van der Waals surface area (Å²) in [6, 6.07) is 0.